The van der Waals surface area contributed by atoms with E-state index in [0.29, 0.717) is 11.1 Å². The first-order chi connectivity index (χ1) is 10.1. The predicted octanol–water partition coefficient (Wildman–Crippen LogP) is 4.15. The summed E-state index contributed by atoms with van der Waals surface area (Å²) < 4.78 is 5.80. The molecule has 0 spiro atoms. The van der Waals surface area contributed by atoms with Crippen molar-refractivity contribution in [2.75, 3.05) is 0 Å². The number of benzene rings is 2. The average molecular weight is 299 g/mol. The van der Waals surface area contributed by atoms with Gasteiger partial charge in [0.2, 0.25) is 0 Å². The molecule has 0 radical (unpaired) electrons. The van der Waals surface area contributed by atoms with Gasteiger partial charge in [-0.15, -0.1) is 0 Å². The van der Waals surface area contributed by atoms with Crippen molar-refractivity contribution in [3.8, 4) is 11.3 Å². The second kappa shape index (κ2) is 5.19. The van der Waals surface area contributed by atoms with Crippen LogP contribution in [0.5, 0.6) is 0 Å². The molecule has 0 amide bonds. The van der Waals surface area contributed by atoms with E-state index in [1.54, 1.807) is 18.2 Å². The summed E-state index contributed by atoms with van der Waals surface area (Å²) in [6, 6.07) is 13.8. The van der Waals surface area contributed by atoms with Crippen LogP contribution in [0.3, 0.4) is 0 Å². The fraction of sp³-hybridized carbons (Fsp3) is 0.0588. The molecule has 0 atom stereocenters. The smallest absolute Gasteiger partial charge is 0.256 e. The molecule has 3 rings (SSSR count). The van der Waals surface area contributed by atoms with E-state index in [1.807, 2.05) is 31.2 Å². The van der Waals surface area contributed by atoms with Crippen molar-refractivity contribution in [3.05, 3.63) is 69.9 Å². The van der Waals surface area contributed by atoms with Gasteiger partial charge in [-0.1, -0.05) is 30.3 Å². The lowest BCUT2D eigenvalue weighted by Gasteiger charge is -2.07. The lowest BCUT2D eigenvalue weighted by atomic mass is 10.0. The van der Waals surface area contributed by atoms with Crippen LogP contribution in [0.4, 0.5) is 0 Å². The van der Waals surface area contributed by atoms with Crippen LogP contribution in [0.25, 0.3) is 22.3 Å². The number of hydrogen-bond donors (Lipinski definition) is 0. The second-order valence-corrected chi connectivity index (χ2v) is 5.09. The number of halogens is 1. The number of aryl methyl sites for hydroxylation is 1. The maximum atomic E-state index is 12.2. The molecule has 3 aromatic rings. The zero-order valence-electron chi connectivity index (χ0n) is 11.2. The highest BCUT2D eigenvalue weighted by Crippen LogP contribution is 2.27. The van der Waals surface area contributed by atoms with Crippen molar-refractivity contribution < 1.29 is 9.21 Å². The van der Waals surface area contributed by atoms with E-state index in [4.69, 9.17) is 16.0 Å². The van der Waals surface area contributed by atoms with Crippen LogP contribution in [0, 0.1) is 6.92 Å². The molecule has 3 nitrogen and oxygen atoms in total. The molecule has 4 heteroatoms. The molecule has 0 aliphatic carbocycles. The molecule has 0 N–H and O–H groups in total. The summed E-state index contributed by atoms with van der Waals surface area (Å²) in [5.74, 6) is 0.427. The maximum Gasteiger partial charge on any atom is 0.256 e. The fourth-order valence-electron chi connectivity index (χ4n) is 2.31. The van der Waals surface area contributed by atoms with Gasteiger partial charge in [0.05, 0.1) is 10.9 Å². The minimum Gasteiger partial charge on any atom is -0.455 e. The Labute approximate surface area is 125 Å². The topological polar surface area (TPSA) is 47.3 Å². The second-order valence-electron chi connectivity index (χ2n) is 4.75. The molecule has 1 heterocycles. The number of para-hydroxylation sites is 1. The molecule has 0 aliphatic heterocycles. The van der Waals surface area contributed by atoms with E-state index in [9.17, 15) is 9.59 Å². The molecular formula is C17H11ClO3. The molecular weight excluding hydrogens is 288 g/mol. The van der Waals surface area contributed by atoms with Gasteiger partial charge < -0.3 is 4.42 Å². The Bertz CT molecular complexity index is 909. The lowest BCUT2D eigenvalue weighted by Crippen LogP contribution is -2.03. The maximum absolute atomic E-state index is 12.2. The van der Waals surface area contributed by atoms with Crippen molar-refractivity contribution in [1.82, 2.24) is 0 Å². The monoisotopic (exact) mass is 298 g/mol. The number of carbonyl (C=O) groups is 1. The van der Waals surface area contributed by atoms with Gasteiger partial charge in [-0.25, -0.2) is 0 Å². The average Bonchev–Trinajstić information content (AvgIpc) is 2.47. The lowest BCUT2D eigenvalue weighted by molar-refractivity contribution is 0.108. The van der Waals surface area contributed by atoms with Crippen molar-refractivity contribution in [2.45, 2.75) is 6.92 Å². The third kappa shape index (κ3) is 2.36. The molecule has 0 fully saturated rings. The Morgan fingerprint density at radius 2 is 1.86 bits per heavy atom. The Balaban J connectivity index is 2.38. The van der Waals surface area contributed by atoms with Gasteiger partial charge in [0, 0.05) is 11.6 Å². The van der Waals surface area contributed by atoms with Crippen LogP contribution in [-0.2, 0) is 0 Å². The van der Waals surface area contributed by atoms with E-state index < -0.39 is 5.24 Å². The minimum atomic E-state index is -0.648. The molecule has 1 aromatic heterocycles. The number of hydrogen-bond acceptors (Lipinski definition) is 3. The Kier molecular flexibility index (Phi) is 3.35. The van der Waals surface area contributed by atoms with E-state index >= 15 is 0 Å². The van der Waals surface area contributed by atoms with Crippen LogP contribution in [-0.4, -0.2) is 5.24 Å². The summed E-state index contributed by atoms with van der Waals surface area (Å²) in [4.78, 5) is 23.7. The quantitative estimate of drug-likeness (QED) is 0.668. The summed E-state index contributed by atoms with van der Waals surface area (Å²) in [6.07, 6.45) is 0. The summed E-state index contributed by atoms with van der Waals surface area (Å²) >= 11 is 5.56. The molecule has 0 aliphatic rings. The predicted molar refractivity (Wildman–Crippen MR) is 82.8 cm³/mol. The zero-order valence-corrected chi connectivity index (χ0v) is 12.0. The zero-order chi connectivity index (χ0) is 15.0. The van der Waals surface area contributed by atoms with Crippen LogP contribution in [0.2, 0.25) is 0 Å². The van der Waals surface area contributed by atoms with Gasteiger partial charge in [-0.2, -0.15) is 0 Å². The van der Waals surface area contributed by atoms with E-state index in [0.717, 1.165) is 11.1 Å². The van der Waals surface area contributed by atoms with Gasteiger partial charge in [-0.3, -0.25) is 9.59 Å². The van der Waals surface area contributed by atoms with Crippen molar-refractivity contribution >= 4 is 27.8 Å². The normalized spacial score (nSPS) is 10.8. The standard InChI is InChI=1S/C17H11ClO3/c1-10-5-2-3-6-11(10)15-9-14(19)12-7-4-8-13(17(18)20)16(12)21-15/h2-9H,1H3. The molecule has 0 saturated carbocycles. The number of carbonyl (C=O) groups excluding carboxylic acids is 1. The molecule has 104 valence electrons. The third-order valence-electron chi connectivity index (χ3n) is 3.38. The van der Waals surface area contributed by atoms with Crippen LogP contribution in [0.1, 0.15) is 15.9 Å². The first-order valence-corrected chi connectivity index (χ1v) is 6.78. The Morgan fingerprint density at radius 3 is 2.57 bits per heavy atom. The molecule has 0 saturated heterocycles. The summed E-state index contributed by atoms with van der Waals surface area (Å²) in [5.41, 5.74) is 2.02. The SMILES string of the molecule is Cc1ccccc1-c1cc(=O)c2cccc(C(=O)Cl)c2o1. The highest BCUT2D eigenvalue weighted by atomic mass is 35.5. The number of rotatable bonds is 2. The Morgan fingerprint density at radius 1 is 1.10 bits per heavy atom. The van der Waals surface area contributed by atoms with Gasteiger partial charge >= 0.3 is 0 Å². The molecule has 21 heavy (non-hydrogen) atoms. The first-order valence-electron chi connectivity index (χ1n) is 6.40. The Hall–Kier alpha value is -2.39. The van der Waals surface area contributed by atoms with Crippen LogP contribution >= 0.6 is 11.6 Å². The molecule has 2 aromatic carbocycles. The van der Waals surface area contributed by atoms with Crippen molar-refractivity contribution in [1.29, 1.82) is 0 Å². The first kappa shape index (κ1) is 13.6. The van der Waals surface area contributed by atoms with Gasteiger partial charge in [0.15, 0.2) is 11.0 Å². The van der Waals surface area contributed by atoms with E-state index in [1.165, 1.54) is 6.07 Å². The third-order valence-corrected chi connectivity index (χ3v) is 3.58. The molecule has 0 unspecified atom stereocenters. The van der Waals surface area contributed by atoms with Crippen molar-refractivity contribution in [2.24, 2.45) is 0 Å². The summed E-state index contributed by atoms with van der Waals surface area (Å²) in [7, 11) is 0. The number of fused-ring (bicyclic) bond motifs is 1. The highest BCUT2D eigenvalue weighted by Gasteiger charge is 2.14. The van der Waals surface area contributed by atoms with Gasteiger partial charge in [-0.05, 0) is 36.2 Å². The van der Waals surface area contributed by atoms with E-state index in [-0.39, 0.29) is 16.6 Å². The summed E-state index contributed by atoms with van der Waals surface area (Å²) in [6.45, 7) is 1.93. The fourth-order valence-corrected chi connectivity index (χ4v) is 2.46. The molecule has 0 bridgehead atoms. The van der Waals surface area contributed by atoms with Gasteiger partial charge in [0.25, 0.3) is 5.24 Å². The van der Waals surface area contributed by atoms with Crippen LogP contribution < -0.4 is 5.43 Å². The summed E-state index contributed by atoms with van der Waals surface area (Å²) in [5, 5.41) is -0.301. The highest BCUT2D eigenvalue weighted by molar-refractivity contribution is 6.68. The van der Waals surface area contributed by atoms with Gasteiger partial charge in [0.1, 0.15) is 5.76 Å². The van der Waals surface area contributed by atoms with Crippen LogP contribution in [0.15, 0.2) is 57.7 Å². The largest absolute Gasteiger partial charge is 0.455 e. The van der Waals surface area contributed by atoms with Crippen molar-refractivity contribution in [3.63, 3.8) is 0 Å². The minimum absolute atomic E-state index is 0.196. The van der Waals surface area contributed by atoms with E-state index in [2.05, 4.69) is 0 Å².